The van der Waals surface area contributed by atoms with E-state index >= 15 is 0 Å². The third kappa shape index (κ3) is 2.59. The molecule has 1 aliphatic heterocycles. The van der Waals surface area contributed by atoms with E-state index in [0.717, 1.165) is 32.3 Å². The van der Waals surface area contributed by atoms with Gasteiger partial charge in [0, 0.05) is 18.9 Å². The summed E-state index contributed by atoms with van der Waals surface area (Å²) >= 11 is 0. The smallest absolute Gasteiger partial charge is 0.136 e. The van der Waals surface area contributed by atoms with E-state index in [1.807, 2.05) is 6.92 Å². The fourth-order valence-corrected chi connectivity index (χ4v) is 1.74. The molecule has 1 fully saturated rings. The average Bonchev–Trinajstić information content (AvgIpc) is 2.05. The molecule has 12 heavy (non-hydrogen) atoms. The van der Waals surface area contributed by atoms with Gasteiger partial charge in [-0.1, -0.05) is 6.92 Å². The van der Waals surface area contributed by atoms with Crippen LogP contribution in [-0.2, 0) is 9.53 Å². The number of ether oxygens (including phenoxy) is 1. The largest absolute Gasteiger partial charge is 0.378 e. The lowest BCUT2D eigenvalue weighted by atomic mass is 9.90. The summed E-state index contributed by atoms with van der Waals surface area (Å²) in [7, 11) is 0. The minimum atomic E-state index is 0.282. The Hall–Kier alpha value is -0.370. The molecule has 0 aromatic heterocycles. The Bertz CT molecular complexity index is 154. The molecule has 0 spiro atoms. The summed E-state index contributed by atoms with van der Waals surface area (Å²) < 4.78 is 5.38. The topological polar surface area (TPSA) is 26.3 Å². The van der Waals surface area contributed by atoms with Crippen LogP contribution in [0.1, 0.15) is 39.5 Å². The molecule has 0 amide bonds. The summed E-state index contributed by atoms with van der Waals surface area (Å²) in [5, 5.41) is 0. The summed E-state index contributed by atoms with van der Waals surface area (Å²) in [6, 6.07) is 0. The monoisotopic (exact) mass is 170 g/mol. The summed E-state index contributed by atoms with van der Waals surface area (Å²) in [5.41, 5.74) is 0. The summed E-state index contributed by atoms with van der Waals surface area (Å²) in [6.45, 7) is 4.87. The highest BCUT2D eigenvalue weighted by Gasteiger charge is 2.24. The molecule has 1 aliphatic rings. The van der Waals surface area contributed by atoms with Crippen molar-refractivity contribution >= 4 is 5.78 Å². The van der Waals surface area contributed by atoms with Crippen molar-refractivity contribution in [3.05, 3.63) is 0 Å². The quantitative estimate of drug-likeness (QED) is 0.649. The van der Waals surface area contributed by atoms with Gasteiger partial charge in [-0.15, -0.1) is 0 Å². The lowest BCUT2D eigenvalue weighted by Crippen LogP contribution is -2.28. The Kier molecular flexibility index (Phi) is 3.73. The maximum atomic E-state index is 11.5. The first-order valence-corrected chi connectivity index (χ1v) is 4.88. The Labute approximate surface area is 74.3 Å². The van der Waals surface area contributed by atoms with Crippen molar-refractivity contribution in [3.8, 4) is 0 Å². The maximum absolute atomic E-state index is 11.5. The van der Waals surface area contributed by atoms with Gasteiger partial charge < -0.3 is 4.74 Å². The van der Waals surface area contributed by atoms with Crippen LogP contribution >= 0.6 is 0 Å². The standard InChI is InChI=1S/C10H18O2/c1-3-4-10(11)9-5-6-12-8(2)7-9/h8-9H,3-7H2,1-2H3. The highest BCUT2D eigenvalue weighted by Crippen LogP contribution is 2.22. The lowest BCUT2D eigenvalue weighted by molar-refractivity contribution is -0.127. The van der Waals surface area contributed by atoms with Crippen molar-refractivity contribution < 1.29 is 9.53 Å². The SMILES string of the molecule is CCCC(=O)C1CCOC(C)C1. The molecule has 2 atom stereocenters. The van der Waals surface area contributed by atoms with Gasteiger partial charge in [0.25, 0.3) is 0 Å². The molecule has 1 heterocycles. The Balaban J connectivity index is 2.35. The number of hydrogen-bond acceptors (Lipinski definition) is 2. The summed E-state index contributed by atoms with van der Waals surface area (Å²) in [5.74, 6) is 0.723. The van der Waals surface area contributed by atoms with E-state index in [1.165, 1.54) is 0 Å². The van der Waals surface area contributed by atoms with Gasteiger partial charge in [-0.05, 0) is 26.2 Å². The average molecular weight is 170 g/mol. The molecule has 0 bridgehead atoms. The van der Waals surface area contributed by atoms with Crippen LogP contribution in [0.15, 0.2) is 0 Å². The minimum absolute atomic E-state index is 0.282. The Morgan fingerprint density at radius 3 is 2.92 bits per heavy atom. The third-order valence-electron chi connectivity index (χ3n) is 2.44. The molecule has 0 N–H and O–H groups in total. The lowest BCUT2D eigenvalue weighted by Gasteiger charge is -2.26. The first-order valence-electron chi connectivity index (χ1n) is 4.88. The maximum Gasteiger partial charge on any atom is 0.136 e. The molecule has 0 saturated carbocycles. The van der Waals surface area contributed by atoms with E-state index in [4.69, 9.17) is 4.74 Å². The van der Waals surface area contributed by atoms with Crippen LogP contribution in [0.5, 0.6) is 0 Å². The van der Waals surface area contributed by atoms with Gasteiger partial charge in [0.2, 0.25) is 0 Å². The van der Waals surface area contributed by atoms with Crippen LogP contribution in [0.3, 0.4) is 0 Å². The third-order valence-corrected chi connectivity index (χ3v) is 2.44. The first kappa shape index (κ1) is 9.72. The van der Waals surface area contributed by atoms with E-state index in [1.54, 1.807) is 0 Å². The highest BCUT2D eigenvalue weighted by molar-refractivity contribution is 5.81. The molecule has 2 nitrogen and oxygen atoms in total. The number of ketones is 1. The van der Waals surface area contributed by atoms with Crippen molar-refractivity contribution in [3.63, 3.8) is 0 Å². The molecule has 0 aliphatic carbocycles. The van der Waals surface area contributed by atoms with Crippen molar-refractivity contribution in [2.24, 2.45) is 5.92 Å². The van der Waals surface area contributed by atoms with Crippen LogP contribution in [-0.4, -0.2) is 18.5 Å². The van der Waals surface area contributed by atoms with Gasteiger partial charge in [-0.25, -0.2) is 0 Å². The molecule has 1 saturated heterocycles. The second-order valence-electron chi connectivity index (χ2n) is 3.62. The van der Waals surface area contributed by atoms with E-state index in [2.05, 4.69) is 6.92 Å². The summed E-state index contributed by atoms with van der Waals surface area (Å²) in [4.78, 5) is 11.5. The zero-order valence-corrected chi connectivity index (χ0v) is 8.01. The molecular weight excluding hydrogens is 152 g/mol. The first-order chi connectivity index (χ1) is 5.74. The van der Waals surface area contributed by atoms with Gasteiger partial charge in [0.15, 0.2) is 0 Å². The fraction of sp³-hybridized carbons (Fsp3) is 0.900. The summed E-state index contributed by atoms with van der Waals surface area (Å²) in [6.07, 6.45) is 3.87. The van der Waals surface area contributed by atoms with Crippen LogP contribution in [0.25, 0.3) is 0 Å². The van der Waals surface area contributed by atoms with Crippen LogP contribution < -0.4 is 0 Å². The van der Waals surface area contributed by atoms with Crippen molar-refractivity contribution in [1.82, 2.24) is 0 Å². The van der Waals surface area contributed by atoms with Crippen LogP contribution in [0.2, 0.25) is 0 Å². The molecule has 70 valence electrons. The molecule has 0 aromatic rings. The predicted molar refractivity (Wildman–Crippen MR) is 48.1 cm³/mol. The molecule has 1 rings (SSSR count). The minimum Gasteiger partial charge on any atom is -0.378 e. The molecule has 2 unspecified atom stereocenters. The second-order valence-corrected chi connectivity index (χ2v) is 3.62. The molecule has 0 radical (unpaired) electrons. The van der Waals surface area contributed by atoms with Crippen molar-refractivity contribution in [1.29, 1.82) is 0 Å². The van der Waals surface area contributed by atoms with Crippen molar-refractivity contribution in [2.45, 2.75) is 45.6 Å². The van der Waals surface area contributed by atoms with E-state index in [0.29, 0.717) is 5.78 Å². The predicted octanol–water partition coefficient (Wildman–Crippen LogP) is 2.17. The Morgan fingerprint density at radius 2 is 2.33 bits per heavy atom. The fourth-order valence-electron chi connectivity index (χ4n) is 1.74. The normalized spacial score (nSPS) is 30.2. The number of rotatable bonds is 3. The van der Waals surface area contributed by atoms with Gasteiger partial charge >= 0.3 is 0 Å². The van der Waals surface area contributed by atoms with Crippen LogP contribution in [0.4, 0.5) is 0 Å². The van der Waals surface area contributed by atoms with Crippen LogP contribution in [0, 0.1) is 5.92 Å². The highest BCUT2D eigenvalue weighted by atomic mass is 16.5. The van der Waals surface area contributed by atoms with E-state index in [9.17, 15) is 4.79 Å². The van der Waals surface area contributed by atoms with Gasteiger partial charge in [0.1, 0.15) is 5.78 Å². The second kappa shape index (κ2) is 4.61. The molecule has 2 heteroatoms. The number of Topliss-reactive ketones (excluding diaryl/α,β-unsaturated/α-hetero) is 1. The number of hydrogen-bond donors (Lipinski definition) is 0. The zero-order valence-electron chi connectivity index (χ0n) is 8.01. The van der Waals surface area contributed by atoms with Gasteiger partial charge in [0.05, 0.1) is 6.10 Å². The van der Waals surface area contributed by atoms with Gasteiger partial charge in [-0.2, -0.15) is 0 Å². The molecular formula is C10H18O2. The van der Waals surface area contributed by atoms with Gasteiger partial charge in [-0.3, -0.25) is 4.79 Å². The van der Waals surface area contributed by atoms with E-state index in [-0.39, 0.29) is 12.0 Å². The number of carbonyl (C=O) groups excluding carboxylic acids is 1. The van der Waals surface area contributed by atoms with E-state index < -0.39 is 0 Å². The Morgan fingerprint density at radius 1 is 1.58 bits per heavy atom. The number of carbonyl (C=O) groups is 1. The van der Waals surface area contributed by atoms with Crippen molar-refractivity contribution in [2.75, 3.05) is 6.61 Å². The molecule has 0 aromatic carbocycles. The zero-order chi connectivity index (χ0) is 8.97.